The predicted octanol–water partition coefficient (Wildman–Crippen LogP) is 2.29. The zero-order chi connectivity index (χ0) is 13.3. The molecule has 0 spiro atoms. The van der Waals surface area contributed by atoms with Crippen molar-refractivity contribution in [3.63, 3.8) is 0 Å². The predicted molar refractivity (Wildman–Crippen MR) is 73.8 cm³/mol. The standard InChI is InChI=1S/C11H25NO3Si2/c1-16(2,3)14-10-8-7-9(12-10)11(13)15-17(4,5)6/h9-10,12H,7-8H2,1-6H3. The first kappa shape index (κ1) is 14.9. The van der Waals surface area contributed by atoms with Crippen LogP contribution < -0.4 is 5.32 Å². The fourth-order valence-electron chi connectivity index (χ4n) is 1.79. The highest BCUT2D eigenvalue weighted by molar-refractivity contribution is 6.71. The summed E-state index contributed by atoms with van der Waals surface area (Å²) in [5, 5.41) is 3.23. The zero-order valence-corrected chi connectivity index (χ0v) is 13.8. The third kappa shape index (κ3) is 5.80. The van der Waals surface area contributed by atoms with Crippen LogP contribution in [0.2, 0.25) is 39.3 Å². The van der Waals surface area contributed by atoms with Gasteiger partial charge in [0.2, 0.25) is 8.32 Å². The van der Waals surface area contributed by atoms with Crippen LogP contribution in [-0.4, -0.2) is 34.9 Å². The van der Waals surface area contributed by atoms with Crippen molar-refractivity contribution in [1.82, 2.24) is 5.32 Å². The van der Waals surface area contributed by atoms with Gasteiger partial charge in [-0.05, 0) is 52.1 Å². The summed E-state index contributed by atoms with van der Waals surface area (Å²) in [5.41, 5.74) is 0. The number of hydrogen-bond donors (Lipinski definition) is 1. The zero-order valence-electron chi connectivity index (χ0n) is 11.8. The Bertz CT molecular complexity index is 283. The van der Waals surface area contributed by atoms with Crippen LogP contribution in [0.5, 0.6) is 0 Å². The Morgan fingerprint density at radius 1 is 1.06 bits per heavy atom. The number of carbonyl (C=O) groups is 1. The van der Waals surface area contributed by atoms with Gasteiger partial charge in [0.05, 0.1) is 6.23 Å². The van der Waals surface area contributed by atoms with Gasteiger partial charge in [-0.2, -0.15) is 0 Å². The molecule has 2 unspecified atom stereocenters. The molecule has 1 N–H and O–H groups in total. The first-order chi connectivity index (χ1) is 7.57. The first-order valence-corrected chi connectivity index (χ1v) is 13.1. The van der Waals surface area contributed by atoms with Crippen molar-refractivity contribution in [2.24, 2.45) is 0 Å². The van der Waals surface area contributed by atoms with Gasteiger partial charge < -0.3 is 8.85 Å². The molecule has 6 heteroatoms. The molecule has 1 heterocycles. The lowest BCUT2D eigenvalue weighted by atomic mass is 10.2. The minimum Gasteiger partial charge on any atom is -0.519 e. The molecule has 0 saturated carbocycles. The Balaban J connectivity index is 2.43. The Morgan fingerprint density at radius 2 is 1.65 bits per heavy atom. The average molecular weight is 275 g/mol. The highest BCUT2D eigenvalue weighted by Crippen LogP contribution is 2.19. The van der Waals surface area contributed by atoms with E-state index in [9.17, 15) is 4.79 Å². The molecule has 1 saturated heterocycles. The molecule has 4 nitrogen and oxygen atoms in total. The number of hydrogen-bond acceptors (Lipinski definition) is 4. The fourth-order valence-corrected chi connectivity index (χ4v) is 3.57. The molecule has 0 aromatic rings. The van der Waals surface area contributed by atoms with Crippen LogP contribution in [0.15, 0.2) is 0 Å². The molecule has 17 heavy (non-hydrogen) atoms. The molecule has 1 aliphatic rings. The molecule has 0 bridgehead atoms. The van der Waals surface area contributed by atoms with Crippen LogP contribution in [-0.2, 0) is 13.6 Å². The minimum absolute atomic E-state index is 0.0286. The second-order valence-electron chi connectivity index (χ2n) is 6.55. The number of rotatable bonds is 4. The van der Waals surface area contributed by atoms with Crippen LogP contribution >= 0.6 is 0 Å². The molecule has 2 atom stereocenters. The van der Waals surface area contributed by atoms with Crippen molar-refractivity contribution < 1.29 is 13.6 Å². The third-order valence-electron chi connectivity index (χ3n) is 2.29. The number of carbonyl (C=O) groups excluding carboxylic acids is 1. The van der Waals surface area contributed by atoms with E-state index >= 15 is 0 Å². The summed E-state index contributed by atoms with van der Waals surface area (Å²) < 4.78 is 11.4. The van der Waals surface area contributed by atoms with E-state index in [2.05, 4.69) is 25.0 Å². The quantitative estimate of drug-likeness (QED) is 0.800. The molecule has 0 aliphatic carbocycles. The fraction of sp³-hybridized carbons (Fsp3) is 0.909. The summed E-state index contributed by atoms with van der Waals surface area (Å²) in [7, 11) is -3.32. The van der Waals surface area contributed by atoms with Crippen molar-refractivity contribution in [2.75, 3.05) is 0 Å². The van der Waals surface area contributed by atoms with Crippen molar-refractivity contribution in [2.45, 2.75) is 64.4 Å². The van der Waals surface area contributed by atoms with Crippen LogP contribution in [0.4, 0.5) is 0 Å². The maximum atomic E-state index is 11.9. The van der Waals surface area contributed by atoms with Crippen molar-refractivity contribution in [3.05, 3.63) is 0 Å². The maximum Gasteiger partial charge on any atom is 0.309 e. The molecular weight excluding hydrogens is 250 g/mol. The summed E-state index contributed by atoms with van der Waals surface area (Å²) in [6.45, 7) is 12.5. The lowest BCUT2D eigenvalue weighted by Gasteiger charge is -2.24. The normalized spacial score (nSPS) is 26.0. The van der Waals surface area contributed by atoms with E-state index in [0.717, 1.165) is 12.8 Å². The number of nitrogens with one attached hydrogen (secondary N) is 1. The van der Waals surface area contributed by atoms with Gasteiger partial charge in [-0.15, -0.1) is 0 Å². The average Bonchev–Trinajstić information content (AvgIpc) is 2.45. The van der Waals surface area contributed by atoms with Gasteiger partial charge in [-0.3, -0.25) is 10.1 Å². The van der Waals surface area contributed by atoms with Crippen molar-refractivity contribution in [3.8, 4) is 0 Å². The van der Waals surface area contributed by atoms with E-state index in [1.54, 1.807) is 0 Å². The summed E-state index contributed by atoms with van der Waals surface area (Å²) >= 11 is 0. The Kier molecular flexibility index (Phi) is 4.56. The Labute approximate surface area is 106 Å². The van der Waals surface area contributed by atoms with Crippen LogP contribution in [0.25, 0.3) is 0 Å². The van der Waals surface area contributed by atoms with Gasteiger partial charge in [0.25, 0.3) is 0 Å². The lowest BCUT2D eigenvalue weighted by molar-refractivity contribution is -0.137. The van der Waals surface area contributed by atoms with Gasteiger partial charge in [0.1, 0.15) is 6.04 Å². The van der Waals surface area contributed by atoms with Crippen LogP contribution in [0.3, 0.4) is 0 Å². The molecule has 0 radical (unpaired) electrons. The molecule has 1 aliphatic heterocycles. The van der Waals surface area contributed by atoms with Gasteiger partial charge in [0, 0.05) is 0 Å². The summed E-state index contributed by atoms with van der Waals surface area (Å²) in [5.74, 6) is -0.106. The Morgan fingerprint density at radius 3 is 2.12 bits per heavy atom. The van der Waals surface area contributed by atoms with Crippen molar-refractivity contribution >= 4 is 22.6 Å². The Hall–Kier alpha value is -0.176. The van der Waals surface area contributed by atoms with Gasteiger partial charge in [-0.1, -0.05) is 0 Å². The largest absolute Gasteiger partial charge is 0.519 e. The first-order valence-electron chi connectivity index (χ1n) is 6.23. The molecule has 0 aromatic carbocycles. The summed E-state index contributed by atoms with van der Waals surface area (Å²) in [6.07, 6.45) is 1.75. The highest BCUT2D eigenvalue weighted by Gasteiger charge is 2.35. The summed E-state index contributed by atoms with van der Waals surface area (Å²) in [4.78, 5) is 11.9. The third-order valence-corrected chi connectivity index (χ3v) is 4.10. The smallest absolute Gasteiger partial charge is 0.309 e. The monoisotopic (exact) mass is 275 g/mol. The lowest BCUT2D eigenvalue weighted by Crippen LogP contribution is -2.44. The summed E-state index contributed by atoms with van der Waals surface area (Å²) in [6, 6.07) is -0.178. The second-order valence-corrected chi connectivity index (χ2v) is 15.4. The van der Waals surface area contributed by atoms with Crippen LogP contribution in [0, 0.1) is 0 Å². The molecule has 1 fully saturated rings. The van der Waals surface area contributed by atoms with Gasteiger partial charge in [0.15, 0.2) is 8.32 Å². The molecule has 0 aromatic heterocycles. The van der Waals surface area contributed by atoms with E-state index in [1.165, 1.54) is 0 Å². The van der Waals surface area contributed by atoms with Crippen LogP contribution in [0.1, 0.15) is 12.8 Å². The molecule has 100 valence electrons. The SMILES string of the molecule is C[Si](C)(C)OC(=O)C1CCC(O[Si](C)(C)C)N1. The van der Waals surface area contributed by atoms with Gasteiger partial charge in [-0.25, -0.2) is 0 Å². The van der Waals surface area contributed by atoms with Crippen molar-refractivity contribution in [1.29, 1.82) is 0 Å². The topological polar surface area (TPSA) is 47.6 Å². The van der Waals surface area contributed by atoms with E-state index in [-0.39, 0.29) is 18.2 Å². The van der Waals surface area contributed by atoms with E-state index in [1.807, 2.05) is 19.6 Å². The van der Waals surface area contributed by atoms with E-state index < -0.39 is 16.6 Å². The van der Waals surface area contributed by atoms with E-state index in [0.29, 0.717) is 0 Å². The van der Waals surface area contributed by atoms with Gasteiger partial charge >= 0.3 is 5.97 Å². The minimum atomic E-state index is -1.78. The highest BCUT2D eigenvalue weighted by atomic mass is 28.4. The maximum absolute atomic E-state index is 11.9. The van der Waals surface area contributed by atoms with E-state index in [4.69, 9.17) is 8.85 Å². The second kappa shape index (κ2) is 5.21. The molecular formula is C11H25NO3Si2. The molecule has 0 amide bonds. The molecule has 1 rings (SSSR count).